The summed E-state index contributed by atoms with van der Waals surface area (Å²) in [5, 5.41) is 3.35. The summed E-state index contributed by atoms with van der Waals surface area (Å²) in [5.41, 5.74) is 5.47. The van der Waals surface area contributed by atoms with E-state index in [1.807, 2.05) is 0 Å². The minimum atomic E-state index is -0.425. The molecule has 1 saturated carbocycles. The maximum Gasteiger partial charge on any atom is 0.237 e. The topological polar surface area (TPSA) is 55.1 Å². The molecule has 1 amide bonds. The van der Waals surface area contributed by atoms with E-state index in [4.69, 9.17) is 5.73 Å². The van der Waals surface area contributed by atoms with Gasteiger partial charge in [-0.25, -0.2) is 0 Å². The molecule has 1 fully saturated rings. The smallest absolute Gasteiger partial charge is 0.237 e. The van der Waals surface area contributed by atoms with Gasteiger partial charge in [0.05, 0.1) is 5.54 Å². The van der Waals surface area contributed by atoms with E-state index in [2.05, 4.69) is 26.1 Å². The van der Waals surface area contributed by atoms with E-state index in [0.29, 0.717) is 5.41 Å². The summed E-state index contributed by atoms with van der Waals surface area (Å²) in [5.74, 6) is -0.175. The molecule has 0 aromatic carbocycles. The Morgan fingerprint density at radius 3 is 2.20 bits per heavy atom. The zero-order valence-corrected chi connectivity index (χ0v) is 10.2. The number of amides is 1. The van der Waals surface area contributed by atoms with Crippen LogP contribution in [0.15, 0.2) is 0 Å². The van der Waals surface area contributed by atoms with Gasteiger partial charge in [-0.3, -0.25) is 4.79 Å². The van der Waals surface area contributed by atoms with Crippen LogP contribution in [0.2, 0.25) is 0 Å². The summed E-state index contributed by atoms with van der Waals surface area (Å²) in [4.78, 5) is 11.6. The van der Waals surface area contributed by atoms with E-state index in [1.165, 1.54) is 0 Å². The van der Waals surface area contributed by atoms with Crippen molar-refractivity contribution in [3.63, 3.8) is 0 Å². The molecular formula is C12H24N2O. The lowest BCUT2D eigenvalue weighted by atomic mass is 9.69. The van der Waals surface area contributed by atoms with E-state index in [-0.39, 0.29) is 5.91 Å². The molecule has 0 aromatic rings. The van der Waals surface area contributed by atoms with Gasteiger partial charge < -0.3 is 11.1 Å². The molecule has 0 atom stereocenters. The van der Waals surface area contributed by atoms with Gasteiger partial charge in [-0.2, -0.15) is 0 Å². The number of nitrogens with one attached hydrogen (secondary N) is 1. The van der Waals surface area contributed by atoms with Crippen molar-refractivity contribution in [1.82, 2.24) is 5.32 Å². The predicted octanol–water partition coefficient (Wildman–Crippen LogP) is 1.81. The lowest BCUT2D eigenvalue weighted by Gasteiger charge is -2.42. The fourth-order valence-electron chi connectivity index (χ4n) is 2.23. The summed E-state index contributed by atoms with van der Waals surface area (Å²) >= 11 is 0. The standard InChI is InChI=1S/C12H24N2O/c1-4-9-14-12(10(13)15)7-5-11(2,3)6-8-12/h14H,4-9H2,1-3H3,(H2,13,15). The van der Waals surface area contributed by atoms with E-state index in [9.17, 15) is 4.79 Å². The van der Waals surface area contributed by atoms with Crippen LogP contribution in [0.4, 0.5) is 0 Å². The molecule has 0 unspecified atom stereocenters. The van der Waals surface area contributed by atoms with E-state index < -0.39 is 5.54 Å². The highest BCUT2D eigenvalue weighted by atomic mass is 16.1. The first-order valence-corrected chi connectivity index (χ1v) is 5.97. The molecule has 88 valence electrons. The van der Waals surface area contributed by atoms with Crippen molar-refractivity contribution >= 4 is 5.91 Å². The third kappa shape index (κ3) is 2.94. The van der Waals surface area contributed by atoms with Crippen LogP contribution in [-0.4, -0.2) is 18.0 Å². The van der Waals surface area contributed by atoms with Gasteiger partial charge in [0.25, 0.3) is 0 Å². The zero-order valence-electron chi connectivity index (χ0n) is 10.2. The second-order valence-corrected chi connectivity index (χ2v) is 5.54. The van der Waals surface area contributed by atoms with Crippen molar-refractivity contribution in [2.75, 3.05) is 6.54 Å². The maximum absolute atomic E-state index is 11.6. The van der Waals surface area contributed by atoms with Gasteiger partial charge in [0, 0.05) is 0 Å². The Bertz CT molecular complexity index is 226. The summed E-state index contributed by atoms with van der Waals surface area (Å²) in [6, 6.07) is 0. The lowest BCUT2D eigenvalue weighted by Crippen LogP contribution is -2.58. The monoisotopic (exact) mass is 212 g/mol. The van der Waals surface area contributed by atoms with E-state index >= 15 is 0 Å². The summed E-state index contributed by atoms with van der Waals surface area (Å²) in [6.07, 6.45) is 4.96. The van der Waals surface area contributed by atoms with E-state index in [0.717, 1.165) is 38.6 Å². The lowest BCUT2D eigenvalue weighted by molar-refractivity contribution is -0.126. The van der Waals surface area contributed by atoms with Gasteiger partial charge in [-0.15, -0.1) is 0 Å². The van der Waals surface area contributed by atoms with Gasteiger partial charge in [0.2, 0.25) is 5.91 Å². The van der Waals surface area contributed by atoms with Crippen LogP contribution in [0.5, 0.6) is 0 Å². The van der Waals surface area contributed by atoms with Crippen LogP contribution in [0.1, 0.15) is 52.9 Å². The number of carbonyl (C=O) groups is 1. The van der Waals surface area contributed by atoms with Crippen LogP contribution >= 0.6 is 0 Å². The molecule has 0 bridgehead atoms. The normalized spacial score (nSPS) is 23.7. The largest absolute Gasteiger partial charge is 0.368 e. The van der Waals surface area contributed by atoms with Crippen LogP contribution in [-0.2, 0) is 4.79 Å². The van der Waals surface area contributed by atoms with Gasteiger partial charge >= 0.3 is 0 Å². The number of rotatable bonds is 4. The molecule has 0 saturated heterocycles. The van der Waals surface area contributed by atoms with Crippen molar-refractivity contribution in [2.45, 2.75) is 58.4 Å². The highest BCUT2D eigenvalue weighted by molar-refractivity contribution is 5.84. The first kappa shape index (κ1) is 12.5. The Kier molecular flexibility index (Phi) is 3.77. The highest BCUT2D eigenvalue weighted by Crippen LogP contribution is 2.40. The second-order valence-electron chi connectivity index (χ2n) is 5.54. The first-order chi connectivity index (χ1) is 6.92. The Morgan fingerprint density at radius 2 is 1.80 bits per heavy atom. The number of nitrogens with two attached hydrogens (primary N) is 1. The van der Waals surface area contributed by atoms with Gasteiger partial charge in [0.15, 0.2) is 0 Å². The molecule has 0 aromatic heterocycles. The molecule has 0 radical (unpaired) electrons. The van der Waals surface area contributed by atoms with Gasteiger partial charge in [0.1, 0.15) is 0 Å². The third-order valence-electron chi connectivity index (χ3n) is 3.64. The van der Waals surface area contributed by atoms with Crippen LogP contribution in [0.25, 0.3) is 0 Å². The minimum absolute atomic E-state index is 0.175. The molecule has 3 nitrogen and oxygen atoms in total. The van der Waals surface area contributed by atoms with Gasteiger partial charge in [-0.05, 0) is 44.1 Å². The Balaban J connectivity index is 2.65. The SMILES string of the molecule is CCCNC1(C(N)=O)CCC(C)(C)CC1. The number of hydrogen-bond acceptors (Lipinski definition) is 2. The first-order valence-electron chi connectivity index (χ1n) is 5.97. The molecule has 15 heavy (non-hydrogen) atoms. The number of primary amides is 1. The average molecular weight is 212 g/mol. The van der Waals surface area contributed by atoms with Crippen molar-refractivity contribution in [1.29, 1.82) is 0 Å². The molecule has 0 aliphatic heterocycles. The fourth-order valence-corrected chi connectivity index (χ4v) is 2.23. The Morgan fingerprint density at radius 1 is 1.27 bits per heavy atom. The molecule has 1 aliphatic carbocycles. The molecule has 1 rings (SSSR count). The number of carbonyl (C=O) groups excluding carboxylic acids is 1. The molecule has 3 heteroatoms. The van der Waals surface area contributed by atoms with Crippen LogP contribution in [0.3, 0.4) is 0 Å². The van der Waals surface area contributed by atoms with Crippen molar-refractivity contribution in [3.8, 4) is 0 Å². The third-order valence-corrected chi connectivity index (χ3v) is 3.64. The summed E-state index contributed by atoms with van der Waals surface area (Å²) in [7, 11) is 0. The highest BCUT2D eigenvalue weighted by Gasteiger charge is 2.41. The summed E-state index contributed by atoms with van der Waals surface area (Å²) < 4.78 is 0. The predicted molar refractivity (Wildman–Crippen MR) is 62.5 cm³/mol. The Hall–Kier alpha value is -0.570. The molecule has 0 spiro atoms. The van der Waals surface area contributed by atoms with Crippen LogP contribution in [0, 0.1) is 5.41 Å². The minimum Gasteiger partial charge on any atom is -0.368 e. The average Bonchev–Trinajstić information content (AvgIpc) is 2.16. The van der Waals surface area contributed by atoms with Crippen molar-refractivity contribution in [3.05, 3.63) is 0 Å². The molecular weight excluding hydrogens is 188 g/mol. The quantitative estimate of drug-likeness (QED) is 0.746. The second kappa shape index (κ2) is 4.52. The maximum atomic E-state index is 11.6. The molecule has 0 heterocycles. The summed E-state index contributed by atoms with van der Waals surface area (Å²) in [6.45, 7) is 7.51. The van der Waals surface area contributed by atoms with Crippen LogP contribution < -0.4 is 11.1 Å². The van der Waals surface area contributed by atoms with Crippen molar-refractivity contribution < 1.29 is 4.79 Å². The Labute approximate surface area is 92.8 Å². The van der Waals surface area contributed by atoms with Crippen molar-refractivity contribution in [2.24, 2.45) is 11.1 Å². The molecule has 3 N–H and O–H groups in total. The molecule has 1 aliphatic rings. The van der Waals surface area contributed by atoms with E-state index in [1.54, 1.807) is 0 Å². The zero-order chi connectivity index (χ0) is 11.5. The number of hydrogen-bond donors (Lipinski definition) is 2. The van der Waals surface area contributed by atoms with Gasteiger partial charge in [-0.1, -0.05) is 20.8 Å². The fraction of sp³-hybridized carbons (Fsp3) is 0.917.